The number of benzene rings is 3. The topological polar surface area (TPSA) is 201 Å². The first-order valence-electron chi connectivity index (χ1n) is 24.2. The van der Waals surface area contributed by atoms with Gasteiger partial charge in [0.05, 0.1) is 39.3 Å². The molecule has 1 saturated heterocycles. The summed E-state index contributed by atoms with van der Waals surface area (Å²) in [4.78, 5) is 73.7. The van der Waals surface area contributed by atoms with Crippen LogP contribution < -0.4 is 26.0 Å². The van der Waals surface area contributed by atoms with E-state index in [0.717, 1.165) is 40.2 Å². The van der Waals surface area contributed by atoms with Crippen molar-refractivity contribution >= 4 is 58.2 Å². The largest absolute Gasteiger partial charge is 0.489 e. The Balaban J connectivity index is 0.914. The fraction of sp³-hybridized carbons (Fsp3) is 0.500. The summed E-state index contributed by atoms with van der Waals surface area (Å²) in [5, 5.41) is 22.1. The first kappa shape index (κ1) is 54.3. The number of nitrogens with one attached hydrogen (secondary N) is 4. The number of aromatic nitrogens is 1. The SMILES string of the molecule is CC(=O)O[C@@H]1CC(C(=O)NC(C)c2ccc(-c3scnc3C)cc2)N(C(=O)[C@@H](NC(=O)COCCCCCNc2ccc(C(=O)N[C@H]3C(C)(C)[C@H](Oc4ccc(C#N)c(Cl)c4)C3(C)C)cc2)C(C)(C)C)C1. The molecule has 1 aliphatic heterocycles. The molecule has 17 heteroatoms. The quantitative estimate of drug-likeness (QED) is 0.0487. The van der Waals surface area contributed by atoms with Crippen LogP contribution in [0.4, 0.5) is 5.69 Å². The van der Waals surface area contributed by atoms with Crippen LogP contribution in [0, 0.1) is 34.5 Å². The third-order valence-electron chi connectivity index (χ3n) is 13.5. The van der Waals surface area contributed by atoms with E-state index in [1.54, 1.807) is 41.7 Å². The van der Waals surface area contributed by atoms with Gasteiger partial charge in [-0.05, 0) is 86.1 Å². The summed E-state index contributed by atoms with van der Waals surface area (Å²) in [7, 11) is 0. The number of ether oxygens (including phenoxy) is 3. The average molecular weight is 1010 g/mol. The van der Waals surface area contributed by atoms with E-state index < -0.39 is 41.4 Å². The molecule has 4 aromatic rings. The normalized spacial score (nSPS) is 19.8. The smallest absolute Gasteiger partial charge is 0.302 e. The zero-order chi connectivity index (χ0) is 51.8. The summed E-state index contributed by atoms with van der Waals surface area (Å²) < 4.78 is 17.6. The highest BCUT2D eigenvalue weighted by Gasteiger charge is 2.64. The van der Waals surface area contributed by atoms with Gasteiger partial charge in [0.25, 0.3) is 5.91 Å². The summed E-state index contributed by atoms with van der Waals surface area (Å²) >= 11 is 7.81. The Morgan fingerprint density at radius 3 is 2.25 bits per heavy atom. The molecule has 4 amide bonds. The van der Waals surface area contributed by atoms with Gasteiger partial charge < -0.3 is 40.4 Å². The third-order valence-corrected chi connectivity index (χ3v) is 14.8. The number of amides is 4. The van der Waals surface area contributed by atoms with Crippen molar-refractivity contribution < 1.29 is 38.2 Å². The summed E-state index contributed by atoms with van der Waals surface area (Å²) in [5.74, 6) is -1.39. The number of nitrogens with zero attached hydrogens (tertiary/aromatic N) is 3. The standard InChI is InChI=1S/C54H68ClN7O8S/c1-32(35-14-16-36(17-15-35)45-33(2)58-31-71-45)59-48(66)43-27-41(69-34(3)63)29-62(43)49(67)46(52(4,5)6)60-44(64)30-68-25-13-11-12-24-57-39-21-18-37(19-22-39)47(65)61-50-53(7,8)51(54(50,9)10)70-40-23-20-38(28-56)42(55)26-40/h14-23,26,31-32,41,43,46,50-51,57H,11-13,24-25,27,29-30H2,1-10H3,(H,59,66)(H,60,64)(H,61,65)/t32?,41-,43?,46-,50-,51-/m1/s1. The van der Waals surface area contributed by atoms with Crippen molar-refractivity contribution in [1.29, 1.82) is 5.26 Å². The fourth-order valence-electron chi connectivity index (χ4n) is 9.97. The van der Waals surface area contributed by atoms with Crippen molar-refractivity contribution in [1.82, 2.24) is 25.8 Å². The van der Waals surface area contributed by atoms with Crippen molar-refractivity contribution in [2.24, 2.45) is 16.2 Å². The lowest BCUT2D eigenvalue weighted by Crippen LogP contribution is -2.74. The molecule has 2 fully saturated rings. The molecule has 3 aromatic carbocycles. The van der Waals surface area contributed by atoms with Gasteiger partial charge in [-0.1, -0.05) is 84.3 Å². The molecular formula is C54H68ClN7O8S. The lowest BCUT2D eigenvalue weighted by molar-refractivity contribution is -0.164. The Kier molecular flexibility index (Phi) is 17.6. The second-order valence-corrected chi connectivity index (χ2v) is 22.1. The predicted octanol–water partition coefficient (Wildman–Crippen LogP) is 8.80. The fourth-order valence-corrected chi connectivity index (χ4v) is 11.0. The van der Waals surface area contributed by atoms with Crippen LogP contribution in [-0.4, -0.2) is 96.1 Å². The molecule has 2 heterocycles. The lowest BCUT2D eigenvalue weighted by atomic mass is 9.49. The Morgan fingerprint density at radius 2 is 1.65 bits per heavy atom. The Hall–Kier alpha value is -6.02. The van der Waals surface area contributed by atoms with E-state index in [-0.39, 0.29) is 60.4 Å². The molecule has 1 aromatic heterocycles. The number of thiazole rings is 1. The van der Waals surface area contributed by atoms with Gasteiger partial charge in [0.15, 0.2) is 0 Å². The predicted molar refractivity (Wildman–Crippen MR) is 275 cm³/mol. The Bertz CT molecular complexity index is 2570. The molecule has 15 nitrogen and oxygen atoms in total. The number of halogens is 1. The monoisotopic (exact) mass is 1010 g/mol. The van der Waals surface area contributed by atoms with Crippen molar-refractivity contribution in [3.63, 3.8) is 0 Å². The molecule has 4 atom stereocenters. The van der Waals surface area contributed by atoms with Crippen LogP contribution in [0.25, 0.3) is 10.4 Å². The molecule has 2 unspecified atom stereocenters. The van der Waals surface area contributed by atoms with Gasteiger partial charge >= 0.3 is 5.97 Å². The number of esters is 1. The van der Waals surface area contributed by atoms with E-state index in [1.807, 2.05) is 76.5 Å². The number of nitriles is 1. The molecule has 2 aliphatic rings. The van der Waals surface area contributed by atoms with Gasteiger partial charge in [0.2, 0.25) is 17.7 Å². The van der Waals surface area contributed by atoms with Gasteiger partial charge in [-0.2, -0.15) is 5.26 Å². The van der Waals surface area contributed by atoms with E-state index in [9.17, 15) is 29.2 Å². The minimum absolute atomic E-state index is 0.0139. The van der Waals surface area contributed by atoms with E-state index in [1.165, 1.54) is 11.8 Å². The number of aryl methyl sites for hydroxylation is 1. The first-order chi connectivity index (χ1) is 33.5. The van der Waals surface area contributed by atoms with Crippen LogP contribution in [0.5, 0.6) is 5.75 Å². The molecule has 0 spiro atoms. The maximum absolute atomic E-state index is 14.3. The van der Waals surface area contributed by atoms with Gasteiger partial charge in [-0.3, -0.25) is 24.0 Å². The molecule has 380 valence electrons. The Morgan fingerprint density at radius 1 is 0.958 bits per heavy atom. The van der Waals surface area contributed by atoms with E-state index in [4.69, 9.17) is 25.8 Å². The molecule has 1 aliphatic carbocycles. The number of anilines is 1. The van der Waals surface area contributed by atoms with Crippen LogP contribution in [0.1, 0.15) is 121 Å². The molecule has 0 radical (unpaired) electrons. The zero-order valence-corrected chi connectivity index (χ0v) is 44.0. The number of hydrogen-bond acceptors (Lipinski definition) is 12. The summed E-state index contributed by atoms with van der Waals surface area (Å²) in [6.45, 7) is 19.7. The molecule has 0 bridgehead atoms. The number of carbonyl (C=O) groups is 5. The maximum Gasteiger partial charge on any atom is 0.302 e. The van der Waals surface area contributed by atoms with E-state index in [0.29, 0.717) is 41.5 Å². The van der Waals surface area contributed by atoms with Gasteiger partial charge in [0, 0.05) is 60.7 Å². The van der Waals surface area contributed by atoms with Crippen LogP contribution in [-0.2, 0) is 28.7 Å². The van der Waals surface area contributed by atoms with Crippen molar-refractivity contribution in [3.05, 3.63) is 99.6 Å². The minimum Gasteiger partial charge on any atom is -0.489 e. The number of likely N-dealkylation sites (tertiary alicyclic amines) is 1. The van der Waals surface area contributed by atoms with Crippen LogP contribution in [0.15, 0.2) is 72.2 Å². The highest BCUT2D eigenvalue weighted by Crippen LogP contribution is 2.55. The highest BCUT2D eigenvalue weighted by atomic mass is 35.5. The first-order valence-corrected chi connectivity index (χ1v) is 25.4. The minimum atomic E-state index is -0.989. The lowest BCUT2D eigenvalue weighted by Gasteiger charge is -2.63. The van der Waals surface area contributed by atoms with E-state index in [2.05, 4.69) is 60.0 Å². The van der Waals surface area contributed by atoms with Crippen LogP contribution in [0.3, 0.4) is 0 Å². The Labute approximate surface area is 426 Å². The van der Waals surface area contributed by atoms with Crippen LogP contribution >= 0.6 is 22.9 Å². The van der Waals surface area contributed by atoms with Crippen LogP contribution in [0.2, 0.25) is 5.02 Å². The maximum atomic E-state index is 14.3. The van der Waals surface area contributed by atoms with Gasteiger partial charge in [-0.15, -0.1) is 11.3 Å². The number of carbonyl (C=O) groups excluding carboxylic acids is 5. The van der Waals surface area contributed by atoms with Gasteiger partial charge in [0.1, 0.15) is 42.7 Å². The number of hydrogen-bond donors (Lipinski definition) is 4. The third kappa shape index (κ3) is 13.3. The highest BCUT2D eigenvalue weighted by molar-refractivity contribution is 7.13. The number of rotatable bonds is 20. The van der Waals surface area contributed by atoms with Crippen molar-refractivity contribution in [2.75, 3.05) is 31.6 Å². The van der Waals surface area contributed by atoms with Crippen molar-refractivity contribution in [3.8, 4) is 22.3 Å². The summed E-state index contributed by atoms with van der Waals surface area (Å²) in [5.41, 5.74) is 5.00. The molecule has 6 rings (SSSR count). The second kappa shape index (κ2) is 23.0. The number of unbranched alkanes of at least 4 members (excludes halogenated alkanes) is 2. The zero-order valence-electron chi connectivity index (χ0n) is 42.4. The summed E-state index contributed by atoms with van der Waals surface area (Å²) in [6.07, 6.45) is 1.63. The van der Waals surface area contributed by atoms with E-state index >= 15 is 0 Å². The van der Waals surface area contributed by atoms with Gasteiger partial charge in [-0.25, -0.2) is 4.98 Å². The molecule has 1 saturated carbocycles. The van der Waals surface area contributed by atoms with Crippen molar-refractivity contribution in [2.45, 2.75) is 131 Å². The molecule has 71 heavy (non-hydrogen) atoms. The molecular weight excluding hydrogens is 942 g/mol. The summed E-state index contributed by atoms with van der Waals surface area (Å²) in [6, 6.07) is 19.9. The average Bonchev–Trinajstić information content (AvgIpc) is 3.95. The molecule has 4 N–H and O–H groups in total. The second-order valence-electron chi connectivity index (χ2n) is 20.9.